The molecule has 7 nitrogen and oxygen atoms in total. The molecule has 1 atom stereocenters. The third-order valence-corrected chi connectivity index (χ3v) is 6.35. The molecule has 8 heteroatoms. The second-order valence-electron chi connectivity index (χ2n) is 6.30. The Morgan fingerprint density at radius 3 is 2.46 bits per heavy atom. The highest BCUT2D eigenvalue weighted by Gasteiger charge is 2.34. The van der Waals surface area contributed by atoms with Crippen molar-refractivity contribution >= 4 is 27.2 Å². The van der Waals surface area contributed by atoms with Crippen LogP contribution in [0, 0.1) is 0 Å². The first kappa shape index (κ1) is 18.3. The van der Waals surface area contributed by atoms with Crippen molar-refractivity contribution in [1.82, 2.24) is 14.9 Å². The quantitative estimate of drug-likeness (QED) is 0.795. The molecule has 3 rings (SSSR count). The molecule has 26 heavy (non-hydrogen) atoms. The van der Waals surface area contributed by atoms with E-state index in [4.69, 9.17) is 0 Å². The standard InChI is InChI=1S/C18H22N4O3S/c1-3-22(15-9-10-26(24,25)13-15)18(23)16-11-20-17(12-19-16)21(2)14-7-5-4-6-8-14/h4-8,11-12,15H,3,9-10,13H2,1-2H3. The fourth-order valence-corrected chi connectivity index (χ4v) is 4.86. The number of para-hydroxylation sites is 1. The van der Waals surface area contributed by atoms with E-state index in [9.17, 15) is 13.2 Å². The van der Waals surface area contributed by atoms with E-state index < -0.39 is 9.84 Å². The molecule has 1 aromatic carbocycles. The molecular weight excluding hydrogens is 352 g/mol. The SMILES string of the molecule is CCN(C(=O)c1cnc(N(C)c2ccccc2)cn1)C1CCS(=O)(=O)C1. The zero-order valence-electron chi connectivity index (χ0n) is 14.9. The normalized spacial score (nSPS) is 18.5. The van der Waals surface area contributed by atoms with Crippen LogP contribution in [0.15, 0.2) is 42.7 Å². The molecule has 0 N–H and O–H groups in total. The zero-order valence-corrected chi connectivity index (χ0v) is 15.7. The third kappa shape index (κ3) is 3.85. The topological polar surface area (TPSA) is 83.5 Å². The molecule has 0 bridgehead atoms. The number of aromatic nitrogens is 2. The molecule has 1 aromatic heterocycles. The lowest BCUT2D eigenvalue weighted by molar-refractivity contribution is 0.0702. The van der Waals surface area contributed by atoms with E-state index >= 15 is 0 Å². The molecule has 0 radical (unpaired) electrons. The van der Waals surface area contributed by atoms with Gasteiger partial charge in [0.15, 0.2) is 15.7 Å². The largest absolute Gasteiger partial charge is 0.334 e. The van der Waals surface area contributed by atoms with E-state index in [-0.39, 0.29) is 29.1 Å². The summed E-state index contributed by atoms with van der Waals surface area (Å²) in [6.07, 6.45) is 3.48. The summed E-state index contributed by atoms with van der Waals surface area (Å²) in [5.41, 5.74) is 1.19. The number of rotatable bonds is 5. The van der Waals surface area contributed by atoms with Gasteiger partial charge >= 0.3 is 0 Å². The lowest BCUT2D eigenvalue weighted by Gasteiger charge is -2.26. The number of benzene rings is 1. The van der Waals surface area contributed by atoms with Crippen LogP contribution in [-0.2, 0) is 9.84 Å². The number of hydrogen-bond donors (Lipinski definition) is 0. The molecule has 1 amide bonds. The fraction of sp³-hybridized carbons (Fsp3) is 0.389. The molecule has 1 aliphatic rings. The van der Waals surface area contributed by atoms with Crippen molar-refractivity contribution in [3.8, 4) is 0 Å². The van der Waals surface area contributed by atoms with Crippen molar-refractivity contribution in [2.45, 2.75) is 19.4 Å². The zero-order chi connectivity index (χ0) is 18.7. The van der Waals surface area contributed by atoms with Gasteiger partial charge in [-0.05, 0) is 25.5 Å². The molecule has 1 saturated heterocycles. The molecule has 1 unspecified atom stereocenters. The van der Waals surface area contributed by atoms with Crippen molar-refractivity contribution in [2.24, 2.45) is 0 Å². The first-order valence-electron chi connectivity index (χ1n) is 8.53. The Hall–Kier alpha value is -2.48. The number of sulfone groups is 1. The predicted octanol–water partition coefficient (Wildman–Crippen LogP) is 1.89. The highest BCUT2D eigenvalue weighted by molar-refractivity contribution is 7.91. The molecular formula is C18H22N4O3S. The number of carbonyl (C=O) groups is 1. The summed E-state index contributed by atoms with van der Waals surface area (Å²) in [6.45, 7) is 2.28. The Labute approximate surface area is 153 Å². The van der Waals surface area contributed by atoms with E-state index in [0.29, 0.717) is 18.8 Å². The summed E-state index contributed by atoms with van der Waals surface area (Å²) in [5, 5.41) is 0. The Bertz CT molecular complexity index is 869. The average molecular weight is 374 g/mol. The summed E-state index contributed by atoms with van der Waals surface area (Å²) < 4.78 is 23.4. The Morgan fingerprint density at radius 2 is 1.92 bits per heavy atom. The van der Waals surface area contributed by atoms with Crippen LogP contribution in [-0.4, -0.2) is 60.3 Å². The van der Waals surface area contributed by atoms with Crippen LogP contribution in [0.1, 0.15) is 23.8 Å². The van der Waals surface area contributed by atoms with Crippen molar-refractivity contribution in [2.75, 3.05) is 30.0 Å². The van der Waals surface area contributed by atoms with Crippen molar-refractivity contribution < 1.29 is 13.2 Å². The molecule has 1 fully saturated rings. The number of anilines is 2. The summed E-state index contributed by atoms with van der Waals surface area (Å²) in [5.74, 6) is 0.498. The van der Waals surface area contributed by atoms with Gasteiger partial charge in [-0.2, -0.15) is 0 Å². The van der Waals surface area contributed by atoms with Crippen LogP contribution in [0.2, 0.25) is 0 Å². The monoisotopic (exact) mass is 374 g/mol. The smallest absolute Gasteiger partial charge is 0.274 e. The van der Waals surface area contributed by atoms with E-state index in [2.05, 4.69) is 9.97 Å². The second-order valence-corrected chi connectivity index (χ2v) is 8.53. The minimum Gasteiger partial charge on any atom is -0.334 e. The highest BCUT2D eigenvalue weighted by atomic mass is 32.2. The highest BCUT2D eigenvalue weighted by Crippen LogP contribution is 2.22. The van der Waals surface area contributed by atoms with E-state index in [1.807, 2.05) is 49.2 Å². The van der Waals surface area contributed by atoms with Gasteiger partial charge in [0.2, 0.25) is 0 Å². The fourth-order valence-electron chi connectivity index (χ4n) is 3.12. The lowest BCUT2D eigenvalue weighted by Crippen LogP contribution is -2.41. The van der Waals surface area contributed by atoms with Crippen molar-refractivity contribution in [3.05, 3.63) is 48.4 Å². The maximum absolute atomic E-state index is 12.7. The summed E-state index contributed by atoms with van der Waals surface area (Å²) >= 11 is 0. The van der Waals surface area contributed by atoms with Gasteiger partial charge in [0, 0.05) is 25.3 Å². The van der Waals surface area contributed by atoms with E-state index in [0.717, 1.165) is 5.69 Å². The van der Waals surface area contributed by atoms with Gasteiger partial charge in [-0.3, -0.25) is 4.79 Å². The van der Waals surface area contributed by atoms with Gasteiger partial charge in [0.25, 0.3) is 5.91 Å². The third-order valence-electron chi connectivity index (χ3n) is 4.60. The Balaban J connectivity index is 1.76. The molecule has 0 spiro atoms. The summed E-state index contributed by atoms with van der Waals surface area (Å²) in [4.78, 5) is 24.8. The van der Waals surface area contributed by atoms with Gasteiger partial charge in [-0.1, -0.05) is 18.2 Å². The Kier molecular flexibility index (Phi) is 5.22. The average Bonchev–Trinajstić information content (AvgIpc) is 3.02. The number of nitrogens with zero attached hydrogens (tertiary/aromatic N) is 4. The minimum atomic E-state index is -3.05. The van der Waals surface area contributed by atoms with E-state index in [1.54, 1.807) is 11.1 Å². The first-order chi connectivity index (χ1) is 12.4. The molecule has 0 aliphatic carbocycles. The number of hydrogen-bond acceptors (Lipinski definition) is 6. The van der Waals surface area contributed by atoms with Gasteiger partial charge in [-0.15, -0.1) is 0 Å². The summed E-state index contributed by atoms with van der Waals surface area (Å²) in [6, 6.07) is 9.44. The number of amides is 1. The molecule has 2 heterocycles. The van der Waals surface area contributed by atoms with Crippen LogP contribution in [0.4, 0.5) is 11.5 Å². The molecule has 2 aromatic rings. The van der Waals surface area contributed by atoms with Crippen LogP contribution in [0.25, 0.3) is 0 Å². The first-order valence-corrected chi connectivity index (χ1v) is 10.4. The van der Waals surface area contributed by atoms with Crippen LogP contribution in [0.3, 0.4) is 0 Å². The van der Waals surface area contributed by atoms with Gasteiger partial charge < -0.3 is 9.80 Å². The van der Waals surface area contributed by atoms with Gasteiger partial charge in [0.1, 0.15) is 5.69 Å². The van der Waals surface area contributed by atoms with Crippen LogP contribution in [0.5, 0.6) is 0 Å². The molecule has 0 saturated carbocycles. The minimum absolute atomic E-state index is 0.0227. The Morgan fingerprint density at radius 1 is 1.19 bits per heavy atom. The van der Waals surface area contributed by atoms with Crippen LogP contribution < -0.4 is 4.90 Å². The van der Waals surface area contributed by atoms with Crippen LogP contribution >= 0.6 is 0 Å². The number of carbonyl (C=O) groups excluding carboxylic acids is 1. The molecule has 138 valence electrons. The molecule has 1 aliphatic heterocycles. The van der Waals surface area contributed by atoms with Crippen molar-refractivity contribution in [1.29, 1.82) is 0 Å². The van der Waals surface area contributed by atoms with Gasteiger partial charge in [0.05, 0.1) is 23.9 Å². The maximum atomic E-state index is 12.7. The maximum Gasteiger partial charge on any atom is 0.274 e. The predicted molar refractivity (Wildman–Crippen MR) is 100 cm³/mol. The van der Waals surface area contributed by atoms with Gasteiger partial charge in [-0.25, -0.2) is 18.4 Å². The lowest BCUT2D eigenvalue weighted by atomic mass is 10.2. The van der Waals surface area contributed by atoms with E-state index in [1.165, 1.54) is 6.20 Å². The summed E-state index contributed by atoms with van der Waals surface area (Å²) in [7, 11) is -1.17. The van der Waals surface area contributed by atoms with Crippen molar-refractivity contribution in [3.63, 3.8) is 0 Å². The second kappa shape index (κ2) is 7.41.